The number of anilines is 1. The van der Waals surface area contributed by atoms with Gasteiger partial charge in [0.15, 0.2) is 17.0 Å². The van der Waals surface area contributed by atoms with E-state index >= 15 is 0 Å². The molecule has 1 fully saturated rings. The van der Waals surface area contributed by atoms with Gasteiger partial charge in [-0.15, -0.1) is 0 Å². The molecule has 0 aliphatic carbocycles. The number of carbonyl (C=O) groups is 2. The minimum atomic E-state index is -0.655. The van der Waals surface area contributed by atoms with Crippen molar-refractivity contribution in [3.8, 4) is 0 Å². The molecule has 210 valence electrons. The van der Waals surface area contributed by atoms with E-state index < -0.39 is 18.3 Å². The fraction of sp³-hybridized carbons (Fsp3) is 0.345. The highest BCUT2D eigenvalue weighted by molar-refractivity contribution is 5.91. The van der Waals surface area contributed by atoms with Gasteiger partial charge in [0.2, 0.25) is 11.7 Å². The van der Waals surface area contributed by atoms with Gasteiger partial charge >= 0.3 is 5.97 Å². The molecule has 1 aliphatic heterocycles. The number of amides is 1. The molecule has 3 N–H and O–H groups in total. The third-order valence-corrected chi connectivity index (χ3v) is 6.62. The van der Waals surface area contributed by atoms with E-state index in [1.807, 2.05) is 43.3 Å². The van der Waals surface area contributed by atoms with Crippen LogP contribution < -0.4 is 10.6 Å². The van der Waals surface area contributed by atoms with Crippen LogP contribution in [0.2, 0.25) is 0 Å². The van der Waals surface area contributed by atoms with Gasteiger partial charge in [-0.05, 0) is 30.9 Å². The second-order valence-corrected chi connectivity index (χ2v) is 9.02. The lowest BCUT2D eigenvalue weighted by atomic mass is 9.91. The number of nitrogens with one attached hydrogen (secondary N) is 2. The maximum atomic E-state index is 12.5. The first-order chi connectivity index (χ1) is 19.6. The van der Waals surface area contributed by atoms with Crippen molar-refractivity contribution in [2.24, 2.45) is 0 Å². The number of aliphatic hydroxyl groups excluding tert-OH is 1. The van der Waals surface area contributed by atoms with Crippen LogP contribution in [0.15, 0.2) is 67.0 Å². The maximum absolute atomic E-state index is 12.5. The van der Waals surface area contributed by atoms with Gasteiger partial charge in [-0.2, -0.15) is 0 Å². The van der Waals surface area contributed by atoms with Crippen LogP contribution in [-0.4, -0.2) is 69.9 Å². The molecule has 4 aromatic rings. The van der Waals surface area contributed by atoms with Crippen LogP contribution in [0.25, 0.3) is 11.2 Å². The number of carbonyl (C=O) groups excluding carboxylic acids is 2. The van der Waals surface area contributed by atoms with Gasteiger partial charge < -0.3 is 25.2 Å². The standard InChI is InChI=1S/C28H30N6O4.CH4O/c1-3-29-27(35)21-14-15-22(38-21)34-17-31-23-24(32-25(28(36)37-2)33-26(23)34)30-16-20(18-10-6-4-7-11-18)19-12-8-5-9-13-19;1-2/h4-13,17,20-22H,3,14-16H2,1-2H3,(H,29,35)(H,30,32,33);2H,1H3. The summed E-state index contributed by atoms with van der Waals surface area (Å²) in [6.45, 7) is 2.91. The van der Waals surface area contributed by atoms with E-state index in [-0.39, 0.29) is 17.6 Å². The number of aliphatic hydroxyl groups is 1. The Balaban J connectivity index is 0.00000181. The van der Waals surface area contributed by atoms with Gasteiger partial charge in [-0.1, -0.05) is 60.7 Å². The smallest absolute Gasteiger partial charge is 0.376 e. The molecule has 1 amide bonds. The monoisotopic (exact) mass is 546 g/mol. The molecule has 40 heavy (non-hydrogen) atoms. The van der Waals surface area contributed by atoms with Crippen LogP contribution in [0.5, 0.6) is 0 Å². The lowest BCUT2D eigenvalue weighted by molar-refractivity contribution is -0.133. The zero-order chi connectivity index (χ0) is 28.5. The van der Waals surface area contributed by atoms with Crippen LogP contribution in [0.1, 0.15) is 53.7 Å². The third kappa shape index (κ3) is 6.27. The summed E-state index contributed by atoms with van der Waals surface area (Å²) >= 11 is 0. The Labute approximate surface area is 232 Å². The maximum Gasteiger partial charge on any atom is 0.376 e. The topological polar surface area (TPSA) is 140 Å². The van der Waals surface area contributed by atoms with E-state index in [0.29, 0.717) is 42.9 Å². The number of aromatic nitrogens is 4. The molecule has 1 aliphatic rings. The molecule has 11 nitrogen and oxygen atoms in total. The quantitative estimate of drug-likeness (QED) is 0.270. The van der Waals surface area contributed by atoms with Gasteiger partial charge in [-0.3, -0.25) is 9.36 Å². The van der Waals surface area contributed by atoms with E-state index in [4.69, 9.17) is 14.6 Å². The fourth-order valence-electron chi connectivity index (χ4n) is 4.74. The van der Waals surface area contributed by atoms with Crippen LogP contribution >= 0.6 is 0 Å². The molecule has 2 aromatic carbocycles. The van der Waals surface area contributed by atoms with E-state index in [1.54, 1.807) is 10.9 Å². The highest BCUT2D eigenvalue weighted by Crippen LogP contribution is 2.32. The highest BCUT2D eigenvalue weighted by atomic mass is 16.5. The number of nitrogens with zero attached hydrogens (tertiary/aromatic N) is 4. The number of ether oxygens (including phenoxy) is 2. The van der Waals surface area contributed by atoms with Crippen molar-refractivity contribution in [3.05, 3.63) is 83.9 Å². The second-order valence-electron chi connectivity index (χ2n) is 9.02. The SMILES string of the molecule is CCNC(=O)C1CCC(n2cnc3c(NCC(c4ccccc4)c4ccccc4)nc(C(=O)OC)nc32)O1.CO. The third-order valence-electron chi connectivity index (χ3n) is 6.62. The lowest BCUT2D eigenvalue weighted by Crippen LogP contribution is -2.34. The summed E-state index contributed by atoms with van der Waals surface area (Å²) in [5.41, 5.74) is 3.22. The van der Waals surface area contributed by atoms with Crippen molar-refractivity contribution in [1.82, 2.24) is 24.8 Å². The fourth-order valence-corrected chi connectivity index (χ4v) is 4.74. The number of esters is 1. The Hall–Kier alpha value is -4.35. The largest absolute Gasteiger partial charge is 0.463 e. The van der Waals surface area contributed by atoms with Crippen molar-refractivity contribution in [1.29, 1.82) is 0 Å². The van der Waals surface area contributed by atoms with E-state index in [2.05, 4.69) is 49.9 Å². The molecule has 11 heteroatoms. The summed E-state index contributed by atoms with van der Waals surface area (Å²) in [5, 5.41) is 13.2. The summed E-state index contributed by atoms with van der Waals surface area (Å²) in [6.07, 6.45) is 1.81. The van der Waals surface area contributed by atoms with Crippen molar-refractivity contribution < 1.29 is 24.2 Å². The van der Waals surface area contributed by atoms with Gasteiger partial charge in [-0.25, -0.2) is 19.7 Å². The second kappa shape index (κ2) is 13.6. The number of methoxy groups -OCH3 is 1. The number of rotatable bonds is 9. The van der Waals surface area contributed by atoms with Gasteiger partial charge in [0, 0.05) is 26.1 Å². The predicted molar refractivity (Wildman–Crippen MR) is 150 cm³/mol. The van der Waals surface area contributed by atoms with Gasteiger partial charge in [0.1, 0.15) is 12.3 Å². The molecule has 0 saturated carbocycles. The van der Waals surface area contributed by atoms with Crippen molar-refractivity contribution in [3.63, 3.8) is 0 Å². The number of fused-ring (bicyclic) bond motifs is 1. The Bertz CT molecular complexity index is 1370. The number of hydrogen-bond acceptors (Lipinski definition) is 9. The predicted octanol–water partition coefficient (Wildman–Crippen LogP) is 3.28. The zero-order valence-corrected chi connectivity index (χ0v) is 22.8. The number of imidazole rings is 1. The Morgan fingerprint density at radius 1 is 1.05 bits per heavy atom. The van der Waals surface area contributed by atoms with Gasteiger partial charge in [0.05, 0.1) is 13.4 Å². The molecular weight excluding hydrogens is 512 g/mol. The normalized spacial score (nSPS) is 16.3. The molecule has 3 heterocycles. The lowest BCUT2D eigenvalue weighted by Gasteiger charge is -2.19. The Morgan fingerprint density at radius 3 is 2.30 bits per heavy atom. The van der Waals surface area contributed by atoms with Crippen molar-refractivity contribution >= 4 is 28.9 Å². The number of benzene rings is 2. The molecule has 1 saturated heterocycles. The Morgan fingerprint density at radius 2 is 1.70 bits per heavy atom. The Kier molecular flexibility index (Phi) is 9.76. The molecule has 2 aromatic heterocycles. The van der Waals surface area contributed by atoms with E-state index in [0.717, 1.165) is 18.2 Å². The molecule has 0 radical (unpaired) electrons. The molecule has 2 unspecified atom stereocenters. The molecule has 0 spiro atoms. The molecule has 5 rings (SSSR count). The molecule has 2 atom stereocenters. The summed E-state index contributed by atoms with van der Waals surface area (Å²) < 4.78 is 12.7. The van der Waals surface area contributed by atoms with Crippen LogP contribution in [0, 0.1) is 0 Å². The molecular formula is C29H34N6O5. The molecule has 0 bridgehead atoms. The van der Waals surface area contributed by atoms with Crippen molar-refractivity contribution in [2.75, 3.05) is 32.6 Å². The van der Waals surface area contributed by atoms with Crippen molar-refractivity contribution in [2.45, 2.75) is 38.0 Å². The number of hydrogen-bond donors (Lipinski definition) is 3. The van der Waals surface area contributed by atoms with Crippen LogP contribution in [0.3, 0.4) is 0 Å². The minimum absolute atomic E-state index is 0.0297. The first-order valence-electron chi connectivity index (χ1n) is 13.1. The summed E-state index contributed by atoms with van der Waals surface area (Å²) in [7, 11) is 2.29. The van der Waals surface area contributed by atoms with Crippen LogP contribution in [0.4, 0.5) is 5.82 Å². The van der Waals surface area contributed by atoms with Gasteiger partial charge in [0.25, 0.3) is 0 Å². The summed E-state index contributed by atoms with van der Waals surface area (Å²) in [4.78, 5) is 38.2. The first kappa shape index (κ1) is 28.7. The summed E-state index contributed by atoms with van der Waals surface area (Å²) in [5.74, 6) is -0.428. The van der Waals surface area contributed by atoms with E-state index in [1.165, 1.54) is 7.11 Å². The first-order valence-corrected chi connectivity index (χ1v) is 13.1. The average Bonchev–Trinajstić information content (AvgIpc) is 3.67. The highest BCUT2D eigenvalue weighted by Gasteiger charge is 2.33. The number of likely N-dealkylation sites (N-methyl/N-ethyl adjacent to an activating group) is 1. The van der Waals surface area contributed by atoms with Crippen LogP contribution in [-0.2, 0) is 14.3 Å². The summed E-state index contributed by atoms with van der Waals surface area (Å²) in [6, 6.07) is 20.4. The average molecular weight is 547 g/mol. The minimum Gasteiger partial charge on any atom is -0.463 e. The van der Waals surface area contributed by atoms with E-state index in [9.17, 15) is 9.59 Å². The zero-order valence-electron chi connectivity index (χ0n) is 22.8.